The van der Waals surface area contributed by atoms with Crippen LogP contribution >= 0.6 is 0 Å². The molecular formula is C11H15NO4. The largest absolute Gasteiger partial charge is 0.465 e. The monoisotopic (exact) mass is 225 g/mol. The first-order chi connectivity index (χ1) is 7.71. The SMILES string of the molecule is CCOC(=O)C(CO)(CO)c1ccccn1. The van der Waals surface area contributed by atoms with Gasteiger partial charge in [0.25, 0.3) is 0 Å². The van der Waals surface area contributed by atoms with Crippen LogP contribution in [0.1, 0.15) is 12.6 Å². The second-order valence-corrected chi connectivity index (χ2v) is 3.33. The minimum Gasteiger partial charge on any atom is -0.465 e. The highest BCUT2D eigenvalue weighted by Crippen LogP contribution is 2.23. The smallest absolute Gasteiger partial charge is 0.322 e. The quantitative estimate of drug-likeness (QED) is 0.682. The Morgan fingerprint density at radius 3 is 2.56 bits per heavy atom. The van der Waals surface area contributed by atoms with Crippen molar-refractivity contribution in [2.24, 2.45) is 0 Å². The van der Waals surface area contributed by atoms with Crippen LogP contribution in [0.25, 0.3) is 0 Å². The molecule has 1 aromatic heterocycles. The maximum Gasteiger partial charge on any atom is 0.322 e. The molecule has 0 saturated heterocycles. The summed E-state index contributed by atoms with van der Waals surface area (Å²) in [6, 6.07) is 4.94. The molecule has 2 N–H and O–H groups in total. The van der Waals surface area contributed by atoms with Gasteiger partial charge in [-0.2, -0.15) is 0 Å². The summed E-state index contributed by atoms with van der Waals surface area (Å²) in [5.74, 6) is -0.668. The van der Waals surface area contributed by atoms with E-state index in [2.05, 4.69) is 4.98 Å². The first kappa shape index (κ1) is 12.6. The summed E-state index contributed by atoms with van der Waals surface area (Å²) >= 11 is 0. The molecule has 16 heavy (non-hydrogen) atoms. The number of nitrogens with zero attached hydrogens (tertiary/aromatic N) is 1. The Bertz CT molecular complexity index is 335. The molecule has 0 spiro atoms. The second kappa shape index (κ2) is 5.58. The molecule has 0 aliphatic carbocycles. The van der Waals surface area contributed by atoms with Crippen LogP contribution in [0.3, 0.4) is 0 Å². The Morgan fingerprint density at radius 1 is 1.44 bits per heavy atom. The molecule has 1 aromatic rings. The Morgan fingerprint density at radius 2 is 2.12 bits per heavy atom. The zero-order valence-electron chi connectivity index (χ0n) is 9.09. The highest BCUT2D eigenvalue weighted by molar-refractivity contribution is 5.83. The highest BCUT2D eigenvalue weighted by atomic mass is 16.5. The van der Waals surface area contributed by atoms with Crippen molar-refractivity contribution < 1.29 is 19.7 Å². The van der Waals surface area contributed by atoms with Gasteiger partial charge in [0.2, 0.25) is 0 Å². The van der Waals surface area contributed by atoms with Crippen molar-refractivity contribution in [1.82, 2.24) is 4.98 Å². The molecule has 0 aliphatic rings. The van der Waals surface area contributed by atoms with Gasteiger partial charge in [-0.1, -0.05) is 6.07 Å². The van der Waals surface area contributed by atoms with Gasteiger partial charge in [0.15, 0.2) is 5.41 Å². The average molecular weight is 225 g/mol. The van der Waals surface area contributed by atoms with Crippen LogP contribution in [0.5, 0.6) is 0 Å². The Hall–Kier alpha value is -1.46. The summed E-state index contributed by atoms with van der Waals surface area (Å²) in [4.78, 5) is 15.7. The molecule has 0 unspecified atom stereocenters. The van der Waals surface area contributed by atoms with Gasteiger partial charge in [-0.15, -0.1) is 0 Å². The molecule has 0 saturated carbocycles. The van der Waals surface area contributed by atoms with E-state index in [1.807, 2.05) is 0 Å². The van der Waals surface area contributed by atoms with Crippen LogP contribution in [0.2, 0.25) is 0 Å². The van der Waals surface area contributed by atoms with E-state index in [1.165, 1.54) is 6.20 Å². The van der Waals surface area contributed by atoms with E-state index in [0.29, 0.717) is 5.69 Å². The van der Waals surface area contributed by atoms with Crippen LogP contribution in [-0.2, 0) is 14.9 Å². The first-order valence-electron chi connectivity index (χ1n) is 5.01. The molecule has 0 atom stereocenters. The number of aromatic nitrogens is 1. The maximum absolute atomic E-state index is 11.7. The van der Waals surface area contributed by atoms with Gasteiger partial charge in [-0.3, -0.25) is 9.78 Å². The number of aliphatic hydroxyl groups excluding tert-OH is 2. The number of hydrogen-bond acceptors (Lipinski definition) is 5. The summed E-state index contributed by atoms with van der Waals surface area (Å²) in [5.41, 5.74) is -1.17. The van der Waals surface area contributed by atoms with Gasteiger partial charge in [0, 0.05) is 6.20 Å². The molecule has 0 bridgehead atoms. The lowest BCUT2D eigenvalue weighted by Crippen LogP contribution is -2.45. The number of ether oxygens (including phenoxy) is 1. The molecule has 1 heterocycles. The van der Waals surface area contributed by atoms with Gasteiger partial charge in [-0.25, -0.2) is 0 Å². The molecule has 0 aliphatic heterocycles. The third kappa shape index (κ3) is 2.20. The molecule has 0 fully saturated rings. The molecule has 0 amide bonds. The number of aliphatic hydroxyl groups is 2. The van der Waals surface area contributed by atoms with E-state index in [-0.39, 0.29) is 6.61 Å². The summed E-state index contributed by atoms with van der Waals surface area (Å²) < 4.78 is 4.84. The lowest BCUT2D eigenvalue weighted by atomic mass is 9.86. The predicted octanol–water partition coefficient (Wildman–Crippen LogP) is -0.133. The fraction of sp³-hybridized carbons (Fsp3) is 0.455. The molecule has 0 radical (unpaired) electrons. The van der Waals surface area contributed by atoms with Gasteiger partial charge in [-0.05, 0) is 19.1 Å². The number of carbonyl (C=O) groups excluding carboxylic acids is 1. The summed E-state index contributed by atoms with van der Waals surface area (Å²) in [7, 11) is 0. The van der Waals surface area contributed by atoms with E-state index < -0.39 is 24.6 Å². The van der Waals surface area contributed by atoms with Crippen LogP contribution in [0.4, 0.5) is 0 Å². The van der Waals surface area contributed by atoms with Crippen molar-refractivity contribution in [1.29, 1.82) is 0 Å². The fourth-order valence-corrected chi connectivity index (χ4v) is 1.36. The predicted molar refractivity (Wildman–Crippen MR) is 56.7 cm³/mol. The van der Waals surface area contributed by atoms with E-state index in [9.17, 15) is 15.0 Å². The normalized spacial score (nSPS) is 11.2. The summed E-state index contributed by atoms with van der Waals surface area (Å²) in [6.45, 7) is 0.766. The number of pyridine rings is 1. The van der Waals surface area contributed by atoms with E-state index in [0.717, 1.165) is 0 Å². The summed E-state index contributed by atoms with van der Waals surface area (Å²) in [5, 5.41) is 18.7. The third-order valence-electron chi connectivity index (χ3n) is 2.36. The molecule has 5 nitrogen and oxygen atoms in total. The molecule has 88 valence electrons. The lowest BCUT2D eigenvalue weighted by molar-refractivity contribution is -0.154. The van der Waals surface area contributed by atoms with Gasteiger partial charge < -0.3 is 14.9 Å². The Labute approximate surface area is 93.7 Å². The van der Waals surface area contributed by atoms with Crippen LogP contribution in [0, 0.1) is 0 Å². The average Bonchev–Trinajstić information content (AvgIpc) is 2.33. The van der Waals surface area contributed by atoms with Crippen molar-refractivity contribution in [3.8, 4) is 0 Å². The minimum atomic E-state index is -1.47. The zero-order chi connectivity index (χ0) is 12.0. The van der Waals surface area contributed by atoms with Crippen molar-refractivity contribution in [2.45, 2.75) is 12.3 Å². The Balaban J connectivity index is 3.10. The second-order valence-electron chi connectivity index (χ2n) is 3.33. The van der Waals surface area contributed by atoms with Crippen molar-refractivity contribution in [2.75, 3.05) is 19.8 Å². The topological polar surface area (TPSA) is 79.7 Å². The lowest BCUT2D eigenvalue weighted by Gasteiger charge is -2.26. The van der Waals surface area contributed by atoms with Crippen molar-refractivity contribution in [3.05, 3.63) is 30.1 Å². The number of rotatable bonds is 5. The molecular weight excluding hydrogens is 210 g/mol. The Kier molecular flexibility index (Phi) is 4.39. The van der Waals surface area contributed by atoms with Gasteiger partial charge in [0.1, 0.15) is 0 Å². The van der Waals surface area contributed by atoms with Gasteiger partial charge >= 0.3 is 5.97 Å². The summed E-state index contributed by atoms with van der Waals surface area (Å²) in [6.07, 6.45) is 1.49. The third-order valence-corrected chi connectivity index (χ3v) is 2.36. The fourth-order valence-electron chi connectivity index (χ4n) is 1.36. The van der Waals surface area contributed by atoms with Crippen molar-refractivity contribution >= 4 is 5.97 Å². The van der Waals surface area contributed by atoms with Crippen LogP contribution < -0.4 is 0 Å². The van der Waals surface area contributed by atoms with E-state index >= 15 is 0 Å². The number of hydrogen-bond donors (Lipinski definition) is 2. The maximum atomic E-state index is 11.7. The number of carbonyl (C=O) groups is 1. The molecule has 0 aromatic carbocycles. The van der Waals surface area contributed by atoms with E-state index in [1.54, 1.807) is 25.1 Å². The van der Waals surface area contributed by atoms with E-state index in [4.69, 9.17) is 4.74 Å². The molecule has 1 rings (SSSR count). The standard InChI is InChI=1S/C11H15NO4/c1-2-16-10(15)11(7-13,8-14)9-5-3-4-6-12-9/h3-6,13-14H,2,7-8H2,1H3. The minimum absolute atomic E-state index is 0.188. The zero-order valence-corrected chi connectivity index (χ0v) is 9.09. The van der Waals surface area contributed by atoms with Gasteiger partial charge in [0.05, 0.1) is 25.5 Å². The van der Waals surface area contributed by atoms with Crippen LogP contribution in [0.15, 0.2) is 24.4 Å². The van der Waals surface area contributed by atoms with Crippen molar-refractivity contribution in [3.63, 3.8) is 0 Å². The highest BCUT2D eigenvalue weighted by Gasteiger charge is 2.42. The first-order valence-corrected chi connectivity index (χ1v) is 5.01. The van der Waals surface area contributed by atoms with Crippen LogP contribution in [-0.4, -0.2) is 41.0 Å². The number of esters is 1. The molecule has 5 heteroatoms.